The van der Waals surface area contributed by atoms with Gasteiger partial charge < -0.3 is 20.4 Å². The van der Waals surface area contributed by atoms with E-state index < -0.39 is 44.4 Å². The molecule has 1 fully saturated rings. The highest BCUT2D eigenvalue weighted by atomic mass is 28.3. The predicted octanol–water partition coefficient (Wildman–Crippen LogP) is 0.724. The molecule has 0 aliphatic carbocycles. The maximum Gasteiger partial charge on any atom is 0.441 e. The molecule has 2 N–H and O–H groups in total. The molecule has 0 saturated carbocycles. The summed E-state index contributed by atoms with van der Waals surface area (Å²) in [5.74, 6) is -3.96. The molecule has 0 aromatic rings. The van der Waals surface area contributed by atoms with Gasteiger partial charge in [0.1, 0.15) is 0 Å². The summed E-state index contributed by atoms with van der Waals surface area (Å²) in [6, 6.07) is -0.516. The van der Waals surface area contributed by atoms with Crippen molar-refractivity contribution in [3.8, 4) is 0 Å². The van der Waals surface area contributed by atoms with Gasteiger partial charge in [-0.15, -0.1) is 0 Å². The fourth-order valence-electron chi connectivity index (χ4n) is 3.05. The number of carboxylic acids is 1. The molecule has 4 atom stereocenters. The summed E-state index contributed by atoms with van der Waals surface area (Å²) in [5, 5.41) is 11.7. The smallest absolute Gasteiger partial charge is 0.441 e. The van der Waals surface area contributed by atoms with Crippen LogP contribution in [0.5, 0.6) is 0 Å². The van der Waals surface area contributed by atoms with Crippen LogP contribution in [0.2, 0.25) is 13.1 Å². The normalized spacial score (nSPS) is 22.4. The highest BCUT2D eigenvalue weighted by molar-refractivity contribution is 6.62. The van der Waals surface area contributed by atoms with E-state index in [1.165, 1.54) is 6.92 Å². The summed E-state index contributed by atoms with van der Waals surface area (Å²) in [5.41, 5.74) is 7.62. The zero-order chi connectivity index (χ0) is 19.5. The first-order chi connectivity index (χ1) is 11.4. The molecule has 1 saturated heterocycles. The molecule has 1 heterocycles. The van der Waals surface area contributed by atoms with E-state index in [0.29, 0.717) is 6.61 Å². The molecule has 8 nitrogen and oxygen atoms in total. The molecular weight excluding hydrogens is 342 g/mol. The van der Waals surface area contributed by atoms with Crippen LogP contribution >= 0.6 is 0 Å². The summed E-state index contributed by atoms with van der Waals surface area (Å²) >= 11 is 0. The molecule has 0 radical (unpaired) electrons. The first kappa shape index (κ1) is 21.2. The Morgan fingerprint density at radius 3 is 2.32 bits per heavy atom. The van der Waals surface area contributed by atoms with Crippen molar-refractivity contribution in [3.63, 3.8) is 0 Å². The zero-order valence-electron chi connectivity index (χ0n) is 15.6. The molecule has 0 bridgehead atoms. The van der Waals surface area contributed by atoms with Crippen LogP contribution in [-0.2, 0) is 18.8 Å². The highest BCUT2D eigenvalue weighted by Gasteiger charge is 2.53. The Hall–Kier alpha value is -1.83. The third-order valence-electron chi connectivity index (χ3n) is 4.64. The van der Waals surface area contributed by atoms with E-state index in [9.17, 15) is 14.4 Å². The number of carbonyl (C=O) groups excluding carboxylic acids is 2. The first-order valence-corrected chi connectivity index (χ1v) is 11.1. The molecule has 9 heteroatoms. The first-order valence-electron chi connectivity index (χ1n) is 8.33. The van der Waals surface area contributed by atoms with E-state index in [2.05, 4.69) is 10.1 Å². The van der Waals surface area contributed by atoms with Gasteiger partial charge in [-0.05, 0) is 24.4 Å². The fraction of sp³-hybridized carbons (Fsp3) is 0.750. The molecule has 0 unspecified atom stereocenters. The number of hydrogen-bond acceptors (Lipinski definition) is 4. The number of carbonyl (C=O) groups is 3. The third-order valence-corrected chi connectivity index (χ3v) is 5.50. The molecule has 0 spiro atoms. The van der Waals surface area contributed by atoms with Crippen molar-refractivity contribution in [2.75, 3.05) is 6.61 Å². The van der Waals surface area contributed by atoms with Crippen LogP contribution in [0.25, 0.3) is 5.53 Å². The van der Waals surface area contributed by atoms with E-state index in [1.807, 2.05) is 33.9 Å². The minimum atomic E-state index is -1.59. The van der Waals surface area contributed by atoms with Gasteiger partial charge in [-0.2, -0.15) is 4.79 Å². The van der Waals surface area contributed by atoms with Gasteiger partial charge in [-0.3, -0.25) is 9.59 Å². The van der Waals surface area contributed by atoms with Crippen molar-refractivity contribution >= 4 is 32.4 Å². The lowest BCUT2D eigenvalue weighted by Gasteiger charge is -2.48. The molecule has 1 amide bonds. The number of amides is 1. The quantitative estimate of drug-likeness (QED) is 0.163. The number of rotatable bonds is 8. The van der Waals surface area contributed by atoms with Crippen molar-refractivity contribution in [2.45, 2.75) is 46.8 Å². The van der Waals surface area contributed by atoms with Gasteiger partial charge in [0.15, 0.2) is 9.04 Å². The molecule has 140 valence electrons. The van der Waals surface area contributed by atoms with Crippen molar-refractivity contribution < 1.29 is 28.7 Å². The Bertz CT molecular complexity index is 607. The number of aliphatic carboxylic acids is 1. The molecule has 1 aliphatic heterocycles. The number of carboxylic acid groups (broad SMARTS) is 1. The molecule has 1 aliphatic rings. The second kappa shape index (κ2) is 8.03. The van der Waals surface area contributed by atoms with Gasteiger partial charge in [-0.1, -0.05) is 27.7 Å². The van der Waals surface area contributed by atoms with E-state index in [4.69, 9.17) is 15.1 Å². The van der Waals surface area contributed by atoms with E-state index >= 15 is 0 Å². The Morgan fingerprint density at radius 1 is 1.40 bits per heavy atom. The number of nitrogens with zero attached hydrogens (tertiary/aromatic N) is 2. The second-order valence-corrected chi connectivity index (χ2v) is 10.3. The summed E-state index contributed by atoms with van der Waals surface area (Å²) in [6.07, 6.45) is 0. The summed E-state index contributed by atoms with van der Waals surface area (Å²) in [7, 11) is -1.28. The number of ketones is 1. The maximum absolute atomic E-state index is 12.3. The van der Waals surface area contributed by atoms with Crippen LogP contribution < -0.4 is 5.32 Å². The van der Waals surface area contributed by atoms with Crippen molar-refractivity contribution in [3.05, 3.63) is 5.53 Å². The molecule has 1 rings (SSSR count). The molecule has 25 heavy (non-hydrogen) atoms. The molecule has 0 aromatic carbocycles. The monoisotopic (exact) mass is 369 g/mol. The summed E-state index contributed by atoms with van der Waals surface area (Å²) in [6.45, 7) is 12.1. The number of nitrogens with one attached hydrogen (secondary N) is 1. The van der Waals surface area contributed by atoms with Crippen LogP contribution in [0.4, 0.5) is 0 Å². The van der Waals surface area contributed by atoms with Gasteiger partial charge in [-0.25, -0.2) is 4.79 Å². The summed E-state index contributed by atoms with van der Waals surface area (Å²) < 4.78 is 5.85. The third kappa shape index (κ3) is 4.84. The van der Waals surface area contributed by atoms with E-state index in [1.54, 1.807) is 0 Å². The molecule has 0 aromatic heterocycles. The lowest BCUT2D eigenvalue weighted by molar-refractivity contribution is -0.146. The summed E-state index contributed by atoms with van der Waals surface area (Å²) in [4.78, 5) is 38.1. The Balaban J connectivity index is 3.05. The lowest BCUT2D eigenvalue weighted by atomic mass is 9.64. The van der Waals surface area contributed by atoms with Gasteiger partial charge in [0.2, 0.25) is 5.91 Å². The fourth-order valence-corrected chi connectivity index (χ4v) is 3.64. The average molecular weight is 369 g/mol. The minimum Gasteiger partial charge on any atom is -0.472 e. The van der Waals surface area contributed by atoms with E-state index in [-0.39, 0.29) is 17.2 Å². The van der Waals surface area contributed by atoms with Gasteiger partial charge in [0.25, 0.3) is 5.78 Å². The Kier molecular flexibility index (Phi) is 6.81. The number of hydrogen-bond donors (Lipinski definition) is 2. The SMILES string of the molecule is C[C@@H](C(=O)C(=[N+]=[N-])C(=O)O)[C@H]1NC(=O)[C@H]1[C@@H](CO[SiH](C)C)C(C)(C)C. The molecular formula is C16H27N3O5Si. The van der Waals surface area contributed by atoms with Crippen LogP contribution in [-0.4, -0.2) is 55.0 Å². The van der Waals surface area contributed by atoms with Crippen molar-refractivity contribution in [1.82, 2.24) is 5.32 Å². The lowest BCUT2D eigenvalue weighted by Crippen LogP contribution is -2.67. The Morgan fingerprint density at radius 2 is 1.96 bits per heavy atom. The van der Waals surface area contributed by atoms with Crippen LogP contribution in [0.15, 0.2) is 0 Å². The number of Topliss-reactive ketones (excluding diaryl/α,β-unsaturated/α-hetero) is 1. The highest BCUT2D eigenvalue weighted by Crippen LogP contribution is 2.40. The number of β-lactam (4-membered cyclic amide) rings is 1. The van der Waals surface area contributed by atoms with Crippen molar-refractivity contribution in [2.24, 2.45) is 23.2 Å². The largest absolute Gasteiger partial charge is 0.472 e. The minimum absolute atomic E-state index is 0.115. The maximum atomic E-state index is 12.3. The zero-order valence-corrected chi connectivity index (χ0v) is 16.7. The average Bonchev–Trinajstić information content (AvgIpc) is 2.46. The predicted molar refractivity (Wildman–Crippen MR) is 93.6 cm³/mol. The van der Waals surface area contributed by atoms with Gasteiger partial charge >= 0.3 is 11.7 Å². The topological polar surface area (TPSA) is 129 Å². The van der Waals surface area contributed by atoms with E-state index in [0.717, 1.165) is 0 Å². The standard InChI is InChI=1S/C16H27N3O5Si/c1-8(13(20)12(19-17)15(22)23)11-10(14(21)18-11)9(16(2,3)4)7-24-25(5)6/h8-11,25H,7H2,1-6H3,(H,18,21)(H,22,23)/t8-,9-,10+,11-/m1/s1. The van der Waals surface area contributed by atoms with Gasteiger partial charge in [0, 0.05) is 12.5 Å². The van der Waals surface area contributed by atoms with Crippen LogP contribution in [0.3, 0.4) is 0 Å². The van der Waals surface area contributed by atoms with Crippen LogP contribution in [0, 0.1) is 23.2 Å². The van der Waals surface area contributed by atoms with Gasteiger partial charge in [0.05, 0.1) is 12.0 Å². The van der Waals surface area contributed by atoms with Crippen LogP contribution in [0.1, 0.15) is 27.7 Å². The second-order valence-electron chi connectivity index (χ2n) is 7.82. The van der Waals surface area contributed by atoms with Crippen molar-refractivity contribution in [1.29, 1.82) is 0 Å². The Labute approximate surface area is 149 Å².